The Labute approximate surface area is 135 Å². The maximum Gasteiger partial charge on any atom is 0.146 e. The van der Waals surface area contributed by atoms with E-state index in [4.69, 9.17) is 16.0 Å². The maximum absolute atomic E-state index is 10.6. The first-order valence-corrected chi connectivity index (χ1v) is 9.12. The molecule has 0 saturated heterocycles. The largest absolute Gasteiger partial charge is 0.458 e. The number of aliphatic hydroxyl groups excluding tert-OH is 1. The summed E-state index contributed by atoms with van der Waals surface area (Å²) in [5.74, 6) is 2.80. The Bertz CT molecular complexity index is 782. The number of fused-ring (bicyclic) bond motifs is 2. The van der Waals surface area contributed by atoms with Crippen LogP contribution < -0.4 is 0 Å². The molecule has 1 atom stereocenters. The molecule has 0 bridgehead atoms. The Morgan fingerprint density at radius 3 is 3.00 bits per heavy atom. The third kappa shape index (κ3) is 2.50. The van der Waals surface area contributed by atoms with Crippen molar-refractivity contribution in [2.45, 2.75) is 18.3 Å². The van der Waals surface area contributed by atoms with Gasteiger partial charge in [0, 0.05) is 25.9 Å². The van der Waals surface area contributed by atoms with Gasteiger partial charge in [-0.25, -0.2) is 0 Å². The van der Waals surface area contributed by atoms with Crippen molar-refractivity contribution in [3.63, 3.8) is 0 Å². The summed E-state index contributed by atoms with van der Waals surface area (Å²) in [6, 6.07) is 9.48. The van der Waals surface area contributed by atoms with Gasteiger partial charge in [-0.1, -0.05) is 11.6 Å². The second kappa shape index (κ2) is 5.36. The summed E-state index contributed by atoms with van der Waals surface area (Å²) in [6.07, 6.45) is 0.407. The second-order valence-corrected chi connectivity index (χ2v) is 7.84. The molecule has 0 saturated carbocycles. The molecule has 0 amide bonds. The van der Waals surface area contributed by atoms with Crippen LogP contribution in [0.15, 0.2) is 34.7 Å². The minimum Gasteiger partial charge on any atom is -0.458 e. The number of thioether (sulfide) groups is 1. The predicted molar refractivity (Wildman–Crippen MR) is 89.5 cm³/mol. The SMILES string of the molecule is OC(c1cc2cc(Cl)ccc2o1)c1cc2c(s1)CCSC2. The van der Waals surface area contributed by atoms with E-state index in [1.165, 1.54) is 16.2 Å². The lowest BCUT2D eigenvalue weighted by Crippen LogP contribution is -1.96. The van der Waals surface area contributed by atoms with Crippen LogP contribution in [-0.4, -0.2) is 10.9 Å². The quantitative estimate of drug-likeness (QED) is 0.713. The maximum atomic E-state index is 10.6. The lowest BCUT2D eigenvalue weighted by atomic mass is 10.1. The van der Waals surface area contributed by atoms with Crippen molar-refractivity contribution in [2.24, 2.45) is 0 Å². The number of halogens is 1. The molecule has 0 aliphatic carbocycles. The lowest BCUT2D eigenvalue weighted by Gasteiger charge is -2.08. The third-order valence-electron chi connectivity index (χ3n) is 3.68. The van der Waals surface area contributed by atoms with Crippen LogP contribution in [0.3, 0.4) is 0 Å². The van der Waals surface area contributed by atoms with Crippen LogP contribution in [0.1, 0.15) is 27.2 Å². The van der Waals surface area contributed by atoms with Gasteiger partial charge in [0.15, 0.2) is 0 Å². The zero-order valence-electron chi connectivity index (χ0n) is 11.1. The molecule has 4 rings (SSSR count). The molecule has 5 heteroatoms. The van der Waals surface area contributed by atoms with Gasteiger partial charge < -0.3 is 9.52 Å². The number of aryl methyl sites for hydroxylation is 1. The molecule has 1 unspecified atom stereocenters. The van der Waals surface area contributed by atoms with E-state index in [9.17, 15) is 5.11 Å². The number of benzene rings is 1. The number of aliphatic hydroxyl groups is 1. The number of hydrogen-bond donors (Lipinski definition) is 1. The molecule has 3 aromatic rings. The van der Waals surface area contributed by atoms with Crippen molar-refractivity contribution in [3.8, 4) is 0 Å². The van der Waals surface area contributed by atoms with Crippen LogP contribution in [0.4, 0.5) is 0 Å². The Kier molecular flexibility index (Phi) is 3.50. The van der Waals surface area contributed by atoms with Crippen LogP contribution >= 0.6 is 34.7 Å². The molecule has 1 N–H and O–H groups in total. The highest BCUT2D eigenvalue weighted by molar-refractivity contribution is 7.98. The monoisotopic (exact) mass is 336 g/mol. The Morgan fingerprint density at radius 1 is 1.24 bits per heavy atom. The minimum atomic E-state index is -0.697. The topological polar surface area (TPSA) is 33.4 Å². The van der Waals surface area contributed by atoms with Gasteiger partial charge in [-0.2, -0.15) is 11.8 Å². The van der Waals surface area contributed by atoms with E-state index < -0.39 is 6.10 Å². The molecule has 21 heavy (non-hydrogen) atoms. The number of furan rings is 1. The smallest absolute Gasteiger partial charge is 0.146 e. The van der Waals surface area contributed by atoms with Gasteiger partial charge >= 0.3 is 0 Å². The number of thiophene rings is 1. The molecular weight excluding hydrogens is 324 g/mol. The molecule has 0 spiro atoms. The standard InChI is InChI=1S/C16H13ClO2S2/c17-11-1-2-12-9(5-11)6-13(19-12)16(18)15-7-10-8-20-4-3-14(10)21-15/h1-2,5-7,16,18H,3-4,8H2. The third-order valence-corrected chi connectivity index (χ3v) is 6.22. The first kappa shape index (κ1) is 13.7. The fourth-order valence-electron chi connectivity index (χ4n) is 2.61. The fraction of sp³-hybridized carbons (Fsp3) is 0.250. The van der Waals surface area contributed by atoms with Gasteiger partial charge in [-0.05, 0) is 48.1 Å². The van der Waals surface area contributed by atoms with Crippen LogP contribution in [0.5, 0.6) is 0 Å². The summed E-state index contributed by atoms with van der Waals surface area (Å²) in [5.41, 5.74) is 2.12. The molecule has 3 heterocycles. The van der Waals surface area contributed by atoms with E-state index in [2.05, 4.69) is 6.07 Å². The highest BCUT2D eigenvalue weighted by atomic mass is 35.5. The summed E-state index contributed by atoms with van der Waals surface area (Å²) in [5, 5.41) is 12.2. The van der Waals surface area contributed by atoms with Crippen molar-refractivity contribution < 1.29 is 9.52 Å². The van der Waals surface area contributed by atoms with E-state index in [1.807, 2.05) is 30.0 Å². The Balaban J connectivity index is 1.71. The van der Waals surface area contributed by atoms with Crippen molar-refractivity contribution in [1.29, 1.82) is 0 Å². The van der Waals surface area contributed by atoms with E-state index in [0.29, 0.717) is 10.8 Å². The average Bonchev–Trinajstić information content (AvgIpc) is 3.09. The van der Waals surface area contributed by atoms with Gasteiger partial charge in [0.05, 0.1) is 0 Å². The van der Waals surface area contributed by atoms with Crippen LogP contribution in [0.2, 0.25) is 5.02 Å². The van der Waals surface area contributed by atoms with E-state index >= 15 is 0 Å². The highest BCUT2D eigenvalue weighted by Gasteiger charge is 2.21. The molecule has 1 aliphatic rings. The van der Waals surface area contributed by atoms with Crippen LogP contribution in [-0.2, 0) is 12.2 Å². The van der Waals surface area contributed by atoms with Gasteiger partial charge in [0.2, 0.25) is 0 Å². The average molecular weight is 337 g/mol. The fourth-order valence-corrected chi connectivity index (χ4v) is 5.17. The Hall–Kier alpha value is -0.940. The number of rotatable bonds is 2. The molecule has 1 aliphatic heterocycles. The lowest BCUT2D eigenvalue weighted by molar-refractivity contribution is 0.196. The zero-order chi connectivity index (χ0) is 14.4. The molecule has 0 fully saturated rings. The molecule has 2 nitrogen and oxygen atoms in total. The minimum absolute atomic E-state index is 0.582. The van der Waals surface area contributed by atoms with Gasteiger partial charge in [-0.3, -0.25) is 0 Å². The summed E-state index contributed by atoms with van der Waals surface area (Å²) >= 11 is 9.64. The summed E-state index contributed by atoms with van der Waals surface area (Å²) < 4.78 is 5.76. The summed E-state index contributed by atoms with van der Waals surface area (Å²) in [6.45, 7) is 0. The van der Waals surface area contributed by atoms with Crippen molar-refractivity contribution in [1.82, 2.24) is 0 Å². The summed E-state index contributed by atoms with van der Waals surface area (Å²) in [4.78, 5) is 2.37. The Morgan fingerprint density at radius 2 is 2.14 bits per heavy atom. The first-order valence-electron chi connectivity index (χ1n) is 6.77. The number of hydrogen-bond acceptors (Lipinski definition) is 4. The predicted octanol–water partition coefficient (Wildman–Crippen LogP) is 5.02. The van der Waals surface area contributed by atoms with Crippen molar-refractivity contribution in [3.05, 3.63) is 56.4 Å². The van der Waals surface area contributed by atoms with Crippen LogP contribution in [0, 0.1) is 0 Å². The van der Waals surface area contributed by atoms with E-state index in [-0.39, 0.29) is 0 Å². The van der Waals surface area contributed by atoms with Gasteiger partial charge in [-0.15, -0.1) is 11.3 Å². The van der Waals surface area contributed by atoms with Crippen molar-refractivity contribution >= 4 is 45.7 Å². The molecule has 0 radical (unpaired) electrons. The molecule has 1 aromatic carbocycles. The van der Waals surface area contributed by atoms with E-state index in [0.717, 1.165) is 28.0 Å². The van der Waals surface area contributed by atoms with Crippen LogP contribution in [0.25, 0.3) is 11.0 Å². The summed E-state index contributed by atoms with van der Waals surface area (Å²) in [7, 11) is 0. The first-order chi connectivity index (χ1) is 10.2. The highest BCUT2D eigenvalue weighted by Crippen LogP contribution is 2.37. The van der Waals surface area contributed by atoms with Gasteiger partial charge in [0.1, 0.15) is 17.4 Å². The van der Waals surface area contributed by atoms with Crippen molar-refractivity contribution in [2.75, 3.05) is 5.75 Å². The zero-order valence-corrected chi connectivity index (χ0v) is 13.5. The van der Waals surface area contributed by atoms with Gasteiger partial charge in [0.25, 0.3) is 0 Å². The normalized spacial score (nSPS) is 16.1. The molecular formula is C16H13ClO2S2. The second-order valence-electron chi connectivity index (χ2n) is 5.13. The molecule has 2 aromatic heterocycles. The van der Waals surface area contributed by atoms with E-state index in [1.54, 1.807) is 17.4 Å². The molecule has 108 valence electrons.